The second-order valence-corrected chi connectivity index (χ2v) is 10.4. The summed E-state index contributed by atoms with van der Waals surface area (Å²) in [5.74, 6) is 0.759. The molecule has 1 saturated carbocycles. The standard InChI is InChI=1S/C25H27BrN6O/c1-17-14-20(28-24(27-17)18-4-12-33-13-5-18)21-16-32(30-29-21)22-3-2-19(26)15-23(22)31-10-8-25(6-7-25)9-11-31/h2-4,14-16H,5-13H2,1H3. The molecule has 3 aliphatic rings. The molecule has 2 aliphatic heterocycles. The lowest BCUT2D eigenvalue weighted by molar-refractivity contribution is 0.161. The van der Waals surface area contributed by atoms with E-state index in [0.29, 0.717) is 18.6 Å². The first-order valence-corrected chi connectivity index (χ1v) is 12.5. The Hall–Kier alpha value is -2.58. The van der Waals surface area contributed by atoms with Crippen molar-refractivity contribution in [3.63, 3.8) is 0 Å². The van der Waals surface area contributed by atoms with Crippen molar-refractivity contribution in [2.75, 3.05) is 31.2 Å². The molecule has 170 valence electrons. The van der Waals surface area contributed by atoms with Crippen LogP contribution < -0.4 is 4.90 Å². The molecule has 0 unspecified atom stereocenters. The lowest BCUT2D eigenvalue weighted by Gasteiger charge is -2.35. The molecule has 3 aromatic rings. The van der Waals surface area contributed by atoms with Crippen molar-refractivity contribution >= 4 is 27.2 Å². The van der Waals surface area contributed by atoms with Crippen molar-refractivity contribution < 1.29 is 4.74 Å². The van der Waals surface area contributed by atoms with E-state index in [2.05, 4.69) is 60.4 Å². The third-order valence-corrected chi connectivity index (χ3v) is 7.66. The van der Waals surface area contributed by atoms with Crippen molar-refractivity contribution in [3.05, 3.63) is 52.5 Å². The van der Waals surface area contributed by atoms with Crippen LogP contribution in [0.4, 0.5) is 5.69 Å². The smallest absolute Gasteiger partial charge is 0.155 e. The van der Waals surface area contributed by atoms with Gasteiger partial charge in [0.2, 0.25) is 0 Å². The summed E-state index contributed by atoms with van der Waals surface area (Å²) in [6.45, 7) is 5.51. The molecule has 1 saturated heterocycles. The van der Waals surface area contributed by atoms with Crippen LogP contribution in [0.25, 0.3) is 22.6 Å². The van der Waals surface area contributed by atoms with Crippen LogP contribution in [-0.2, 0) is 4.74 Å². The van der Waals surface area contributed by atoms with Crippen molar-refractivity contribution in [1.29, 1.82) is 0 Å². The number of anilines is 1. The summed E-state index contributed by atoms with van der Waals surface area (Å²) in [4.78, 5) is 12.0. The molecule has 8 heteroatoms. The molecule has 33 heavy (non-hydrogen) atoms. The van der Waals surface area contributed by atoms with Gasteiger partial charge in [0.05, 0.1) is 36.5 Å². The Balaban J connectivity index is 1.32. The summed E-state index contributed by atoms with van der Waals surface area (Å²) >= 11 is 3.66. The van der Waals surface area contributed by atoms with E-state index in [-0.39, 0.29) is 0 Å². The van der Waals surface area contributed by atoms with Crippen LogP contribution in [0, 0.1) is 12.3 Å². The molecular weight excluding hydrogens is 480 g/mol. The number of aromatic nitrogens is 5. The number of aryl methyl sites for hydroxylation is 1. The van der Waals surface area contributed by atoms with Gasteiger partial charge in [-0.1, -0.05) is 27.2 Å². The minimum atomic E-state index is 0.613. The normalized spacial score (nSPS) is 19.6. The van der Waals surface area contributed by atoms with Crippen molar-refractivity contribution in [1.82, 2.24) is 25.0 Å². The second-order valence-electron chi connectivity index (χ2n) is 9.44. The summed E-state index contributed by atoms with van der Waals surface area (Å²) in [6, 6.07) is 8.35. The Labute approximate surface area is 202 Å². The first kappa shape index (κ1) is 21.0. The van der Waals surface area contributed by atoms with Crippen LogP contribution in [0.5, 0.6) is 0 Å². The quantitative estimate of drug-likeness (QED) is 0.496. The Morgan fingerprint density at radius 2 is 1.85 bits per heavy atom. The maximum absolute atomic E-state index is 5.44. The lowest BCUT2D eigenvalue weighted by atomic mass is 9.93. The van der Waals surface area contributed by atoms with Crippen LogP contribution in [0.15, 0.2) is 41.0 Å². The zero-order chi connectivity index (χ0) is 22.4. The monoisotopic (exact) mass is 506 g/mol. The number of hydrogen-bond acceptors (Lipinski definition) is 6. The second kappa shape index (κ2) is 8.33. The molecule has 1 aromatic carbocycles. The number of hydrogen-bond donors (Lipinski definition) is 0. The third kappa shape index (κ3) is 4.22. The number of benzene rings is 1. The molecule has 0 amide bonds. The van der Waals surface area contributed by atoms with Gasteiger partial charge in [0.1, 0.15) is 5.69 Å². The van der Waals surface area contributed by atoms with Gasteiger partial charge in [0.15, 0.2) is 5.82 Å². The van der Waals surface area contributed by atoms with E-state index in [1.807, 2.05) is 23.9 Å². The predicted octanol–water partition coefficient (Wildman–Crippen LogP) is 4.98. The van der Waals surface area contributed by atoms with Crippen molar-refractivity contribution in [3.8, 4) is 17.1 Å². The molecule has 0 radical (unpaired) electrons. The summed E-state index contributed by atoms with van der Waals surface area (Å²) in [5, 5.41) is 8.97. The highest BCUT2D eigenvalue weighted by molar-refractivity contribution is 9.10. The zero-order valence-corrected chi connectivity index (χ0v) is 20.4. The summed E-state index contributed by atoms with van der Waals surface area (Å²) in [7, 11) is 0. The SMILES string of the molecule is Cc1cc(-c2cn(-c3ccc(Br)cc3N3CCC4(CC3)CC4)nn2)nc(C2=CCOCC2)n1. The minimum absolute atomic E-state index is 0.613. The van der Waals surface area contributed by atoms with E-state index in [9.17, 15) is 0 Å². The van der Waals surface area contributed by atoms with Gasteiger partial charge in [-0.15, -0.1) is 5.10 Å². The summed E-state index contributed by atoms with van der Waals surface area (Å²) < 4.78 is 8.39. The lowest BCUT2D eigenvalue weighted by Crippen LogP contribution is -2.35. The fraction of sp³-hybridized carbons (Fsp3) is 0.440. The average molecular weight is 507 g/mol. The zero-order valence-electron chi connectivity index (χ0n) is 18.8. The first-order valence-electron chi connectivity index (χ1n) is 11.7. The molecule has 4 heterocycles. The maximum Gasteiger partial charge on any atom is 0.155 e. The van der Waals surface area contributed by atoms with Crippen LogP contribution in [0.2, 0.25) is 0 Å². The number of nitrogens with zero attached hydrogens (tertiary/aromatic N) is 6. The highest BCUT2D eigenvalue weighted by Crippen LogP contribution is 2.54. The number of piperidine rings is 1. The van der Waals surface area contributed by atoms with Crippen LogP contribution in [0.1, 0.15) is 43.6 Å². The van der Waals surface area contributed by atoms with E-state index < -0.39 is 0 Å². The fourth-order valence-corrected chi connectivity index (χ4v) is 5.26. The van der Waals surface area contributed by atoms with Gasteiger partial charge >= 0.3 is 0 Å². The van der Waals surface area contributed by atoms with E-state index in [1.54, 1.807) is 0 Å². The molecule has 0 bridgehead atoms. The summed E-state index contributed by atoms with van der Waals surface area (Å²) in [5.41, 5.74) is 6.48. The highest BCUT2D eigenvalue weighted by Gasteiger charge is 2.44. The van der Waals surface area contributed by atoms with E-state index >= 15 is 0 Å². The Kier molecular flexibility index (Phi) is 5.30. The molecule has 2 fully saturated rings. The van der Waals surface area contributed by atoms with Gasteiger partial charge in [-0.05, 0) is 74.3 Å². The van der Waals surface area contributed by atoms with Gasteiger partial charge in [0, 0.05) is 23.3 Å². The Morgan fingerprint density at radius 3 is 2.61 bits per heavy atom. The van der Waals surface area contributed by atoms with Gasteiger partial charge in [0.25, 0.3) is 0 Å². The maximum atomic E-state index is 5.44. The average Bonchev–Trinajstić information content (AvgIpc) is 3.40. The van der Waals surface area contributed by atoms with Crippen LogP contribution >= 0.6 is 15.9 Å². The van der Waals surface area contributed by atoms with Gasteiger partial charge < -0.3 is 9.64 Å². The van der Waals surface area contributed by atoms with E-state index in [0.717, 1.165) is 58.1 Å². The predicted molar refractivity (Wildman–Crippen MR) is 131 cm³/mol. The number of ether oxygens (including phenoxy) is 1. The Bertz CT molecular complexity index is 1220. The van der Waals surface area contributed by atoms with E-state index in [4.69, 9.17) is 9.72 Å². The van der Waals surface area contributed by atoms with Gasteiger partial charge in [-0.2, -0.15) is 0 Å². The molecule has 6 rings (SSSR count). The molecule has 0 N–H and O–H groups in total. The molecule has 7 nitrogen and oxygen atoms in total. The number of rotatable bonds is 4. The first-order chi connectivity index (χ1) is 16.1. The largest absolute Gasteiger partial charge is 0.377 e. The molecule has 0 atom stereocenters. The Morgan fingerprint density at radius 1 is 1.00 bits per heavy atom. The van der Waals surface area contributed by atoms with Crippen molar-refractivity contribution in [2.24, 2.45) is 5.41 Å². The highest BCUT2D eigenvalue weighted by atomic mass is 79.9. The molecule has 1 spiro atoms. The topological polar surface area (TPSA) is 69.0 Å². The van der Waals surface area contributed by atoms with Crippen LogP contribution in [0.3, 0.4) is 0 Å². The van der Waals surface area contributed by atoms with Gasteiger partial charge in [-0.3, -0.25) is 0 Å². The fourth-order valence-electron chi connectivity index (χ4n) is 4.91. The third-order valence-electron chi connectivity index (χ3n) is 7.17. The minimum Gasteiger partial charge on any atom is -0.377 e. The van der Waals surface area contributed by atoms with E-state index in [1.165, 1.54) is 31.4 Å². The molecule has 2 aromatic heterocycles. The summed E-state index contributed by atoms with van der Waals surface area (Å²) in [6.07, 6.45) is 10.2. The molecular formula is C25H27BrN6O. The van der Waals surface area contributed by atoms with Crippen LogP contribution in [-0.4, -0.2) is 51.3 Å². The molecule has 1 aliphatic carbocycles. The van der Waals surface area contributed by atoms with Crippen molar-refractivity contribution in [2.45, 2.75) is 39.0 Å². The number of halogens is 1. The van der Waals surface area contributed by atoms with Gasteiger partial charge in [-0.25, -0.2) is 14.6 Å².